The molecule has 33 heavy (non-hydrogen) atoms. The van der Waals surface area contributed by atoms with Crippen LogP contribution in [-0.4, -0.2) is 42.7 Å². The number of hydrogen-bond donors (Lipinski definition) is 6. The molecule has 9 heteroatoms. The van der Waals surface area contributed by atoms with Crippen LogP contribution in [0.5, 0.6) is 40.2 Å². The maximum Gasteiger partial charge on any atom is 0.312 e. The second kappa shape index (κ2) is 7.49. The molecule has 9 nitrogen and oxygen atoms in total. The van der Waals surface area contributed by atoms with E-state index in [2.05, 4.69) is 0 Å². The normalized spacial score (nSPS) is 21.5. The van der Waals surface area contributed by atoms with Crippen LogP contribution in [0.25, 0.3) is 0 Å². The molecule has 2 aliphatic rings. The van der Waals surface area contributed by atoms with Crippen LogP contribution in [0.2, 0.25) is 0 Å². The van der Waals surface area contributed by atoms with E-state index in [4.69, 9.17) is 9.47 Å². The van der Waals surface area contributed by atoms with Crippen LogP contribution in [0.1, 0.15) is 40.7 Å². The van der Waals surface area contributed by atoms with Gasteiger partial charge in [-0.1, -0.05) is 12.1 Å². The minimum absolute atomic E-state index is 0.0161. The number of esters is 1. The Hall–Kier alpha value is -4.11. The highest BCUT2D eigenvalue weighted by Crippen LogP contribution is 2.52. The summed E-state index contributed by atoms with van der Waals surface area (Å²) in [6.07, 6.45) is -2.08. The number of phenols is 5. The van der Waals surface area contributed by atoms with Crippen LogP contribution >= 0.6 is 0 Å². The zero-order chi connectivity index (χ0) is 23.4. The minimum atomic E-state index is -1.08. The summed E-state index contributed by atoms with van der Waals surface area (Å²) in [7, 11) is 0. The number of aliphatic hydroxyl groups is 1. The summed E-state index contributed by atoms with van der Waals surface area (Å²) < 4.78 is 11.5. The second-order valence-corrected chi connectivity index (χ2v) is 8.15. The summed E-state index contributed by atoms with van der Waals surface area (Å²) in [5, 5.41) is 60.5. The number of benzene rings is 3. The average Bonchev–Trinajstić information content (AvgIpc) is 2.77. The fourth-order valence-electron chi connectivity index (χ4n) is 4.43. The molecule has 2 aliphatic heterocycles. The van der Waals surface area contributed by atoms with E-state index in [-0.39, 0.29) is 53.1 Å². The lowest BCUT2D eigenvalue weighted by molar-refractivity contribution is -0.135. The van der Waals surface area contributed by atoms with E-state index in [0.717, 1.165) is 0 Å². The van der Waals surface area contributed by atoms with E-state index in [0.29, 0.717) is 22.3 Å². The second-order valence-electron chi connectivity index (χ2n) is 8.15. The summed E-state index contributed by atoms with van der Waals surface area (Å²) in [5.74, 6) is -2.43. The van der Waals surface area contributed by atoms with E-state index in [1.165, 1.54) is 36.4 Å². The molecule has 0 spiro atoms. The third kappa shape index (κ3) is 3.42. The van der Waals surface area contributed by atoms with E-state index in [1.807, 2.05) is 0 Å². The van der Waals surface area contributed by atoms with Crippen molar-refractivity contribution in [2.45, 2.75) is 31.0 Å². The standard InChI is InChI=1S/C24H20O9/c25-14-3-1-10(5-17(14)28)12-8-21(31)32-20-9-16(27)13-7-19(30)23(33-24(13)22(12)20)11-2-4-15(26)18(29)6-11/h1-6,9,12,19,23,25-30H,7-8H2/t12?,19-,23-/m1/s1. The molecule has 0 radical (unpaired) electrons. The van der Waals surface area contributed by atoms with E-state index in [9.17, 15) is 35.4 Å². The highest BCUT2D eigenvalue weighted by molar-refractivity contribution is 5.80. The highest BCUT2D eigenvalue weighted by Gasteiger charge is 2.40. The van der Waals surface area contributed by atoms with E-state index >= 15 is 0 Å². The van der Waals surface area contributed by atoms with Crippen LogP contribution in [0.3, 0.4) is 0 Å². The SMILES string of the molecule is O=C1CC(c2ccc(O)c(O)c2)c2c(cc(O)c3c2O[C@H](c2ccc(O)c(O)c2)[C@H](O)C3)O1. The van der Waals surface area contributed by atoms with Crippen LogP contribution in [0, 0.1) is 0 Å². The van der Waals surface area contributed by atoms with Gasteiger partial charge in [0.05, 0.1) is 12.5 Å². The molecule has 3 atom stereocenters. The maximum atomic E-state index is 12.3. The third-order valence-corrected chi connectivity index (χ3v) is 6.04. The predicted molar refractivity (Wildman–Crippen MR) is 113 cm³/mol. The highest BCUT2D eigenvalue weighted by atomic mass is 16.5. The molecule has 3 aromatic rings. The van der Waals surface area contributed by atoms with Crippen molar-refractivity contribution in [3.05, 3.63) is 64.7 Å². The summed E-state index contributed by atoms with van der Waals surface area (Å²) in [6, 6.07) is 9.56. The Labute approximate surface area is 187 Å². The Bertz CT molecular complexity index is 1280. The van der Waals surface area contributed by atoms with Gasteiger partial charge < -0.3 is 40.1 Å². The Morgan fingerprint density at radius 3 is 2.06 bits per heavy atom. The van der Waals surface area contributed by atoms with Gasteiger partial charge in [0.1, 0.15) is 23.4 Å². The Morgan fingerprint density at radius 2 is 1.39 bits per heavy atom. The molecule has 0 fully saturated rings. The molecule has 3 aromatic carbocycles. The lowest BCUT2D eigenvalue weighted by atomic mass is 9.82. The van der Waals surface area contributed by atoms with Gasteiger partial charge in [-0.15, -0.1) is 0 Å². The van der Waals surface area contributed by atoms with Crippen molar-refractivity contribution in [3.8, 4) is 40.2 Å². The Kier molecular flexibility index (Phi) is 4.71. The number of aromatic hydroxyl groups is 5. The molecule has 1 unspecified atom stereocenters. The number of aliphatic hydroxyl groups excluding tert-OH is 1. The first-order valence-corrected chi connectivity index (χ1v) is 10.2. The molecular weight excluding hydrogens is 432 g/mol. The van der Waals surface area contributed by atoms with Crippen molar-refractivity contribution >= 4 is 5.97 Å². The zero-order valence-corrected chi connectivity index (χ0v) is 17.1. The molecule has 6 N–H and O–H groups in total. The molecule has 2 heterocycles. The van der Waals surface area contributed by atoms with Gasteiger partial charge in [-0.2, -0.15) is 0 Å². The number of phenolic OH excluding ortho intramolecular Hbond substituents is 5. The monoisotopic (exact) mass is 452 g/mol. The molecule has 0 aromatic heterocycles. The number of hydrogen-bond acceptors (Lipinski definition) is 9. The van der Waals surface area contributed by atoms with E-state index < -0.39 is 24.1 Å². The van der Waals surface area contributed by atoms with Gasteiger partial charge >= 0.3 is 5.97 Å². The summed E-state index contributed by atoms with van der Waals surface area (Å²) in [5.41, 5.74) is 1.69. The molecule has 0 saturated carbocycles. The Morgan fingerprint density at radius 1 is 0.758 bits per heavy atom. The largest absolute Gasteiger partial charge is 0.507 e. The number of rotatable bonds is 2. The first kappa shape index (κ1) is 20.8. The quantitative estimate of drug-likeness (QED) is 0.195. The van der Waals surface area contributed by atoms with Gasteiger partial charge in [-0.3, -0.25) is 4.79 Å². The van der Waals surface area contributed by atoms with Crippen molar-refractivity contribution in [2.75, 3.05) is 0 Å². The van der Waals surface area contributed by atoms with Crippen molar-refractivity contribution in [1.29, 1.82) is 0 Å². The summed E-state index contributed by atoms with van der Waals surface area (Å²) in [4.78, 5) is 12.3. The van der Waals surface area contributed by atoms with Gasteiger partial charge in [0, 0.05) is 29.5 Å². The lowest BCUT2D eigenvalue weighted by Gasteiger charge is -2.36. The van der Waals surface area contributed by atoms with Gasteiger partial charge in [0.25, 0.3) is 0 Å². The van der Waals surface area contributed by atoms with Gasteiger partial charge in [-0.25, -0.2) is 0 Å². The van der Waals surface area contributed by atoms with Gasteiger partial charge in [0.2, 0.25) is 0 Å². The first-order valence-electron chi connectivity index (χ1n) is 10.2. The minimum Gasteiger partial charge on any atom is -0.507 e. The summed E-state index contributed by atoms with van der Waals surface area (Å²) >= 11 is 0. The number of fused-ring (bicyclic) bond motifs is 3. The fraction of sp³-hybridized carbons (Fsp3) is 0.208. The molecule has 0 aliphatic carbocycles. The molecule has 0 amide bonds. The summed E-state index contributed by atoms with van der Waals surface area (Å²) in [6.45, 7) is 0. The first-order chi connectivity index (χ1) is 15.7. The van der Waals surface area contributed by atoms with Crippen LogP contribution in [-0.2, 0) is 11.2 Å². The number of carbonyl (C=O) groups is 1. The molecular formula is C24H20O9. The van der Waals surface area contributed by atoms with Crippen LogP contribution in [0.15, 0.2) is 42.5 Å². The number of carbonyl (C=O) groups excluding carboxylic acids is 1. The van der Waals surface area contributed by atoms with Crippen molar-refractivity contribution in [1.82, 2.24) is 0 Å². The van der Waals surface area contributed by atoms with Crippen LogP contribution in [0.4, 0.5) is 0 Å². The lowest BCUT2D eigenvalue weighted by Crippen LogP contribution is -2.32. The molecule has 0 saturated heterocycles. The Balaban J connectivity index is 1.66. The van der Waals surface area contributed by atoms with Crippen LogP contribution < -0.4 is 9.47 Å². The molecule has 5 rings (SSSR count). The predicted octanol–water partition coefficient (Wildman–Crippen LogP) is 2.69. The van der Waals surface area contributed by atoms with Crippen molar-refractivity contribution < 1.29 is 44.9 Å². The zero-order valence-electron chi connectivity index (χ0n) is 17.1. The van der Waals surface area contributed by atoms with Gasteiger partial charge in [0.15, 0.2) is 23.0 Å². The van der Waals surface area contributed by atoms with Crippen molar-refractivity contribution in [3.63, 3.8) is 0 Å². The average molecular weight is 452 g/mol. The molecule has 0 bridgehead atoms. The van der Waals surface area contributed by atoms with Crippen molar-refractivity contribution in [2.24, 2.45) is 0 Å². The van der Waals surface area contributed by atoms with E-state index in [1.54, 1.807) is 6.07 Å². The smallest absolute Gasteiger partial charge is 0.312 e. The topological polar surface area (TPSA) is 157 Å². The molecule has 170 valence electrons. The third-order valence-electron chi connectivity index (χ3n) is 6.04. The van der Waals surface area contributed by atoms with Gasteiger partial charge in [-0.05, 0) is 35.4 Å². The maximum absolute atomic E-state index is 12.3. The fourth-order valence-corrected chi connectivity index (χ4v) is 4.43. The number of ether oxygens (including phenoxy) is 2.